The molecule has 0 spiro atoms. The zero-order chi connectivity index (χ0) is 15.3. The van der Waals surface area contributed by atoms with Crippen molar-refractivity contribution in [3.63, 3.8) is 0 Å². The number of halogens is 1. The van der Waals surface area contributed by atoms with Crippen LogP contribution >= 0.6 is 27.7 Å². The molecule has 0 radical (unpaired) electrons. The van der Waals surface area contributed by atoms with E-state index in [1.807, 2.05) is 13.2 Å². The second-order valence-electron chi connectivity index (χ2n) is 4.34. The van der Waals surface area contributed by atoms with Crippen molar-refractivity contribution in [1.82, 2.24) is 4.31 Å². The smallest absolute Gasteiger partial charge is 0.243 e. The molecular formula is C13H20BrNO3S2. The van der Waals surface area contributed by atoms with E-state index >= 15 is 0 Å². The van der Waals surface area contributed by atoms with Crippen molar-refractivity contribution in [2.24, 2.45) is 0 Å². The summed E-state index contributed by atoms with van der Waals surface area (Å²) in [4.78, 5) is 0.271. The molecule has 0 saturated heterocycles. The monoisotopic (exact) mass is 381 g/mol. The molecule has 0 aliphatic rings. The Kier molecular flexibility index (Phi) is 6.84. The molecule has 1 aromatic rings. The number of hydrogen-bond acceptors (Lipinski definition) is 4. The molecule has 0 saturated carbocycles. The summed E-state index contributed by atoms with van der Waals surface area (Å²) in [7, 11) is -0.301. The van der Waals surface area contributed by atoms with Gasteiger partial charge in [-0.3, -0.25) is 0 Å². The summed E-state index contributed by atoms with van der Waals surface area (Å²) >= 11 is 4.97. The average Bonchev–Trinajstić information content (AvgIpc) is 2.43. The van der Waals surface area contributed by atoms with E-state index in [4.69, 9.17) is 4.74 Å². The van der Waals surface area contributed by atoms with Crippen molar-refractivity contribution in [3.05, 3.63) is 22.7 Å². The highest BCUT2D eigenvalue weighted by Crippen LogP contribution is 2.29. The molecule has 0 bridgehead atoms. The minimum Gasteiger partial charge on any atom is -0.496 e. The molecule has 1 rings (SSSR count). The van der Waals surface area contributed by atoms with Crippen LogP contribution in [-0.2, 0) is 10.0 Å². The molecule has 114 valence electrons. The fourth-order valence-corrected chi connectivity index (χ4v) is 4.93. The van der Waals surface area contributed by atoms with E-state index < -0.39 is 10.0 Å². The van der Waals surface area contributed by atoms with Crippen LogP contribution in [0.15, 0.2) is 27.6 Å². The molecule has 0 aliphatic heterocycles. The normalized spacial score (nSPS) is 13.5. The summed E-state index contributed by atoms with van der Waals surface area (Å²) in [6, 6.07) is 4.80. The highest BCUT2D eigenvalue weighted by molar-refractivity contribution is 9.10. The lowest BCUT2D eigenvalue weighted by atomic mass is 10.3. The molecular weight excluding hydrogens is 362 g/mol. The predicted octanol–water partition coefficient (Wildman–Crippen LogP) is 3.22. The lowest BCUT2D eigenvalue weighted by Gasteiger charge is -2.26. The minimum absolute atomic E-state index is 0.00382. The van der Waals surface area contributed by atoms with Gasteiger partial charge < -0.3 is 4.74 Å². The number of methoxy groups -OCH3 is 1. The van der Waals surface area contributed by atoms with Crippen molar-refractivity contribution in [3.8, 4) is 5.75 Å². The summed E-state index contributed by atoms with van der Waals surface area (Å²) in [5.74, 6) is 1.39. The Labute approximate surface area is 134 Å². The zero-order valence-corrected chi connectivity index (χ0v) is 15.3. The topological polar surface area (TPSA) is 46.6 Å². The van der Waals surface area contributed by atoms with Gasteiger partial charge in [-0.15, -0.1) is 0 Å². The van der Waals surface area contributed by atoms with Crippen molar-refractivity contribution >= 4 is 37.7 Å². The Morgan fingerprint density at radius 2 is 2.10 bits per heavy atom. The Balaban J connectivity index is 3.12. The summed E-state index contributed by atoms with van der Waals surface area (Å²) in [6.45, 7) is 2.00. The van der Waals surface area contributed by atoms with Crippen molar-refractivity contribution < 1.29 is 13.2 Å². The first kappa shape index (κ1) is 17.8. The van der Waals surface area contributed by atoms with Gasteiger partial charge in [-0.2, -0.15) is 16.1 Å². The molecule has 4 nitrogen and oxygen atoms in total. The largest absolute Gasteiger partial charge is 0.496 e. The summed E-state index contributed by atoms with van der Waals surface area (Å²) < 4.78 is 32.4. The van der Waals surface area contributed by atoms with Crippen LogP contribution in [0.2, 0.25) is 0 Å². The molecule has 7 heteroatoms. The molecule has 0 fully saturated rings. The fourth-order valence-electron chi connectivity index (χ4n) is 1.84. The van der Waals surface area contributed by atoms with Gasteiger partial charge in [0.25, 0.3) is 0 Å². The van der Waals surface area contributed by atoms with E-state index in [2.05, 4.69) is 15.9 Å². The van der Waals surface area contributed by atoms with Crippen LogP contribution in [0, 0.1) is 0 Å². The molecule has 1 atom stereocenters. The third-order valence-electron chi connectivity index (χ3n) is 3.14. The second-order valence-corrected chi connectivity index (χ2v) is 8.10. The number of thioether (sulfide) groups is 1. The molecule has 0 heterocycles. The van der Waals surface area contributed by atoms with Gasteiger partial charge >= 0.3 is 0 Å². The first-order valence-electron chi connectivity index (χ1n) is 6.19. The van der Waals surface area contributed by atoms with Crippen LogP contribution in [0.4, 0.5) is 0 Å². The first-order valence-corrected chi connectivity index (χ1v) is 9.81. The van der Waals surface area contributed by atoms with E-state index in [1.54, 1.807) is 44.1 Å². The highest BCUT2D eigenvalue weighted by atomic mass is 79.9. The minimum atomic E-state index is -3.49. The summed E-state index contributed by atoms with van der Waals surface area (Å²) in [5, 5.41) is 0. The second kappa shape index (κ2) is 7.68. The number of hydrogen-bond donors (Lipinski definition) is 0. The van der Waals surface area contributed by atoms with Gasteiger partial charge in [0.15, 0.2) is 0 Å². The van der Waals surface area contributed by atoms with Crippen molar-refractivity contribution in [2.45, 2.75) is 24.3 Å². The van der Waals surface area contributed by atoms with Gasteiger partial charge in [-0.25, -0.2) is 8.42 Å². The van der Waals surface area contributed by atoms with Crippen molar-refractivity contribution in [2.75, 3.05) is 26.2 Å². The molecule has 1 aromatic carbocycles. The van der Waals surface area contributed by atoms with Crippen LogP contribution in [0.25, 0.3) is 0 Å². The molecule has 0 aliphatic carbocycles. The molecule has 0 amide bonds. The van der Waals surface area contributed by atoms with Gasteiger partial charge in [0.05, 0.1) is 16.5 Å². The van der Waals surface area contributed by atoms with Crippen LogP contribution in [-0.4, -0.2) is 44.9 Å². The fraction of sp³-hybridized carbons (Fsp3) is 0.538. The maximum atomic E-state index is 12.6. The number of sulfonamides is 1. The highest BCUT2D eigenvalue weighted by Gasteiger charge is 2.27. The Morgan fingerprint density at radius 1 is 1.45 bits per heavy atom. The van der Waals surface area contributed by atoms with E-state index in [0.717, 1.165) is 12.2 Å². The number of rotatable bonds is 7. The lowest BCUT2D eigenvalue weighted by Crippen LogP contribution is -2.38. The Hall–Kier alpha value is -0.240. The third-order valence-corrected chi connectivity index (χ3v) is 6.39. The zero-order valence-electron chi connectivity index (χ0n) is 12.1. The lowest BCUT2D eigenvalue weighted by molar-refractivity contribution is 0.385. The van der Waals surface area contributed by atoms with Crippen LogP contribution in [0.3, 0.4) is 0 Å². The summed E-state index contributed by atoms with van der Waals surface area (Å²) in [5.41, 5.74) is 0. The standard InChI is InChI=1S/C13H20BrNO3S2/c1-5-10(9-19-4)15(2)20(16,17)11-6-7-13(18-3)12(14)8-11/h6-8,10H,5,9H2,1-4H3. The third kappa shape index (κ3) is 3.90. The quantitative estimate of drug-likeness (QED) is 0.727. The van der Waals surface area contributed by atoms with Gasteiger partial charge in [-0.05, 0) is 46.8 Å². The molecule has 1 unspecified atom stereocenters. The van der Waals surface area contributed by atoms with E-state index in [0.29, 0.717) is 10.2 Å². The molecule has 0 N–H and O–H groups in total. The molecule has 20 heavy (non-hydrogen) atoms. The van der Waals surface area contributed by atoms with Crippen LogP contribution in [0.1, 0.15) is 13.3 Å². The Bertz CT molecular complexity index is 549. The van der Waals surface area contributed by atoms with E-state index in [-0.39, 0.29) is 10.9 Å². The maximum Gasteiger partial charge on any atom is 0.243 e. The number of ether oxygens (including phenoxy) is 1. The number of benzene rings is 1. The van der Waals surface area contributed by atoms with Gasteiger partial charge in [0.2, 0.25) is 10.0 Å². The van der Waals surface area contributed by atoms with Crippen molar-refractivity contribution in [1.29, 1.82) is 0 Å². The van der Waals surface area contributed by atoms with Crippen LogP contribution < -0.4 is 4.74 Å². The van der Waals surface area contributed by atoms with E-state index in [1.165, 1.54) is 4.31 Å². The van der Waals surface area contributed by atoms with Gasteiger partial charge in [-0.1, -0.05) is 6.92 Å². The average molecular weight is 382 g/mol. The first-order chi connectivity index (χ1) is 9.38. The molecule has 0 aromatic heterocycles. The SMILES string of the molecule is CCC(CSC)N(C)S(=O)(=O)c1ccc(OC)c(Br)c1. The van der Waals surface area contributed by atoms with Gasteiger partial charge in [0, 0.05) is 18.8 Å². The number of nitrogens with zero attached hydrogens (tertiary/aromatic N) is 1. The summed E-state index contributed by atoms with van der Waals surface area (Å²) in [6.07, 6.45) is 2.76. The van der Waals surface area contributed by atoms with Gasteiger partial charge in [0.1, 0.15) is 5.75 Å². The van der Waals surface area contributed by atoms with Crippen LogP contribution in [0.5, 0.6) is 5.75 Å². The van der Waals surface area contributed by atoms with E-state index in [9.17, 15) is 8.42 Å². The Morgan fingerprint density at radius 3 is 2.55 bits per heavy atom. The maximum absolute atomic E-state index is 12.6. The predicted molar refractivity (Wildman–Crippen MR) is 88.1 cm³/mol.